The molecule has 18 heavy (non-hydrogen) atoms. The van der Waals surface area contributed by atoms with Crippen LogP contribution >= 0.6 is 11.3 Å². The summed E-state index contributed by atoms with van der Waals surface area (Å²) in [5, 5.41) is 15.4. The maximum atomic E-state index is 12.0. The number of rotatable bonds is 2. The Morgan fingerprint density at radius 2 is 2.50 bits per heavy atom. The molecule has 0 aromatic carbocycles. The molecular formula is C12H19N3O2S. The smallest absolute Gasteiger partial charge is 0.318 e. The number of nitrogens with one attached hydrogen (secondary N) is 1. The molecule has 0 radical (unpaired) electrons. The number of aromatic nitrogens is 1. The van der Waals surface area contributed by atoms with Gasteiger partial charge in [0.15, 0.2) is 0 Å². The quantitative estimate of drug-likeness (QED) is 0.858. The minimum absolute atomic E-state index is 0.0958. The highest BCUT2D eigenvalue weighted by atomic mass is 32.1. The average molecular weight is 269 g/mol. The third kappa shape index (κ3) is 3.20. The molecule has 1 aromatic rings. The summed E-state index contributed by atoms with van der Waals surface area (Å²) in [6.07, 6.45) is 1.25. The SMILES string of the molecule is Cc1nc([C@@H](C)NC(=O)N2CCC[C@@H](O)C2)cs1. The Kier molecular flexibility index (Phi) is 4.19. The standard InChI is InChI=1S/C12H19N3O2S/c1-8(11-7-18-9(2)14-11)13-12(17)15-5-3-4-10(16)6-15/h7-8,10,16H,3-6H2,1-2H3,(H,13,17)/t8-,10-/m1/s1. The molecule has 6 heteroatoms. The normalized spacial score (nSPS) is 21.7. The minimum Gasteiger partial charge on any atom is -0.391 e. The van der Waals surface area contributed by atoms with E-state index in [1.54, 1.807) is 16.2 Å². The number of thiazole rings is 1. The number of carbonyl (C=O) groups is 1. The first-order valence-corrected chi connectivity index (χ1v) is 7.09. The second-order valence-electron chi connectivity index (χ2n) is 4.70. The summed E-state index contributed by atoms with van der Waals surface area (Å²) in [6, 6.07) is -0.214. The summed E-state index contributed by atoms with van der Waals surface area (Å²) >= 11 is 1.58. The van der Waals surface area contributed by atoms with Gasteiger partial charge in [-0.05, 0) is 26.7 Å². The molecule has 2 rings (SSSR count). The van der Waals surface area contributed by atoms with Gasteiger partial charge in [0, 0.05) is 18.5 Å². The Hall–Kier alpha value is -1.14. The summed E-state index contributed by atoms with van der Waals surface area (Å²) in [5.74, 6) is 0. The lowest BCUT2D eigenvalue weighted by Gasteiger charge is -2.31. The minimum atomic E-state index is -0.388. The van der Waals surface area contributed by atoms with Gasteiger partial charge >= 0.3 is 6.03 Å². The Morgan fingerprint density at radius 3 is 3.11 bits per heavy atom. The fourth-order valence-corrected chi connectivity index (χ4v) is 2.77. The van der Waals surface area contributed by atoms with Gasteiger partial charge in [0.1, 0.15) is 0 Å². The molecule has 1 aromatic heterocycles. The molecule has 100 valence electrons. The highest BCUT2D eigenvalue weighted by Gasteiger charge is 2.23. The van der Waals surface area contributed by atoms with E-state index < -0.39 is 0 Å². The van der Waals surface area contributed by atoms with E-state index in [9.17, 15) is 9.90 Å². The summed E-state index contributed by atoms with van der Waals surface area (Å²) in [5.41, 5.74) is 0.892. The van der Waals surface area contributed by atoms with Gasteiger partial charge in [-0.2, -0.15) is 0 Å². The van der Waals surface area contributed by atoms with Crippen LogP contribution in [0, 0.1) is 6.92 Å². The van der Waals surface area contributed by atoms with Crippen molar-refractivity contribution in [1.29, 1.82) is 0 Å². The first kappa shape index (κ1) is 13.3. The van der Waals surface area contributed by atoms with Crippen molar-refractivity contribution in [3.63, 3.8) is 0 Å². The van der Waals surface area contributed by atoms with Gasteiger partial charge in [-0.3, -0.25) is 0 Å². The summed E-state index contributed by atoms with van der Waals surface area (Å²) in [4.78, 5) is 18.0. The number of aryl methyl sites for hydroxylation is 1. The Morgan fingerprint density at radius 1 is 1.72 bits per heavy atom. The van der Waals surface area contributed by atoms with E-state index in [2.05, 4.69) is 10.3 Å². The van der Waals surface area contributed by atoms with Crippen LogP contribution in [0.3, 0.4) is 0 Å². The van der Waals surface area contributed by atoms with Crippen molar-refractivity contribution in [3.8, 4) is 0 Å². The number of β-amino-alcohol motifs (C(OH)–C–C–N with tert-alkyl or cyclic N) is 1. The Bertz CT molecular complexity index is 421. The molecule has 1 aliphatic rings. The summed E-state index contributed by atoms with van der Waals surface area (Å²) in [6.45, 7) is 5.01. The van der Waals surface area contributed by atoms with Crippen molar-refractivity contribution in [3.05, 3.63) is 16.1 Å². The second-order valence-corrected chi connectivity index (χ2v) is 5.77. The summed E-state index contributed by atoms with van der Waals surface area (Å²) in [7, 11) is 0. The molecule has 2 N–H and O–H groups in total. The molecule has 0 saturated carbocycles. The van der Waals surface area contributed by atoms with E-state index in [0.29, 0.717) is 13.1 Å². The van der Waals surface area contributed by atoms with Crippen molar-refractivity contribution in [2.75, 3.05) is 13.1 Å². The van der Waals surface area contributed by atoms with Crippen LogP contribution < -0.4 is 5.32 Å². The largest absolute Gasteiger partial charge is 0.391 e. The molecule has 0 unspecified atom stereocenters. The third-order valence-electron chi connectivity index (χ3n) is 3.10. The predicted octanol–water partition coefficient (Wildman–Crippen LogP) is 1.68. The van der Waals surface area contributed by atoms with E-state index in [-0.39, 0.29) is 18.2 Å². The number of nitrogens with zero attached hydrogens (tertiary/aromatic N) is 2. The van der Waals surface area contributed by atoms with Crippen LogP contribution in [0.1, 0.15) is 36.5 Å². The van der Waals surface area contributed by atoms with Crippen molar-refractivity contribution in [1.82, 2.24) is 15.2 Å². The third-order valence-corrected chi connectivity index (χ3v) is 3.90. The lowest BCUT2D eigenvalue weighted by Crippen LogP contribution is -2.47. The van der Waals surface area contributed by atoms with Crippen LogP contribution in [0.2, 0.25) is 0 Å². The molecule has 0 bridgehead atoms. The van der Waals surface area contributed by atoms with E-state index in [0.717, 1.165) is 23.5 Å². The van der Waals surface area contributed by atoms with Crippen molar-refractivity contribution < 1.29 is 9.90 Å². The number of carbonyl (C=O) groups excluding carboxylic acids is 1. The molecule has 0 spiro atoms. The highest BCUT2D eigenvalue weighted by Crippen LogP contribution is 2.17. The lowest BCUT2D eigenvalue weighted by molar-refractivity contribution is 0.0834. The molecule has 0 aliphatic carbocycles. The lowest BCUT2D eigenvalue weighted by atomic mass is 10.1. The van der Waals surface area contributed by atoms with Crippen LogP contribution in [0.4, 0.5) is 4.79 Å². The van der Waals surface area contributed by atoms with Crippen molar-refractivity contribution in [2.45, 2.75) is 38.8 Å². The number of amides is 2. The number of hydrogen-bond donors (Lipinski definition) is 2. The van der Waals surface area contributed by atoms with Gasteiger partial charge in [-0.15, -0.1) is 11.3 Å². The fourth-order valence-electron chi connectivity index (χ4n) is 2.07. The first-order chi connectivity index (χ1) is 8.56. The van der Waals surface area contributed by atoms with Crippen LogP contribution in [0.15, 0.2) is 5.38 Å². The van der Waals surface area contributed by atoms with Crippen LogP contribution in [0.25, 0.3) is 0 Å². The number of aliphatic hydroxyl groups is 1. The van der Waals surface area contributed by atoms with E-state index in [1.165, 1.54) is 0 Å². The Labute approximate surface area is 111 Å². The molecule has 5 nitrogen and oxygen atoms in total. The zero-order valence-corrected chi connectivity index (χ0v) is 11.5. The second kappa shape index (κ2) is 5.67. The maximum Gasteiger partial charge on any atom is 0.318 e. The molecule has 2 heterocycles. The van der Waals surface area contributed by atoms with Crippen molar-refractivity contribution >= 4 is 17.4 Å². The van der Waals surface area contributed by atoms with Gasteiger partial charge in [-0.1, -0.05) is 0 Å². The first-order valence-electron chi connectivity index (χ1n) is 6.22. The molecule has 1 saturated heterocycles. The zero-order valence-electron chi connectivity index (χ0n) is 10.7. The molecule has 1 aliphatic heterocycles. The van der Waals surface area contributed by atoms with Gasteiger partial charge in [0.25, 0.3) is 0 Å². The number of likely N-dealkylation sites (tertiary alicyclic amines) is 1. The monoisotopic (exact) mass is 269 g/mol. The molecule has 1 fully saturated rings. The van der Waals surface area contributed by atoms with Gasteiger partial charge in [0.2, 0.25) is 0 Å². The molecule has 2 amide bonds. The molecular weight excluding hydrogens is 250 g/mol. The number of aliphatic hydroxyl groups excluding tert-OH is 1. The van der Waals surface area contributed by atoms with Crippen LogP contribution in [-0.2, 0) is 0 Å². The van der Waals surface area contributed by atoms with E-state index >= 15 is 0 Å². The number of urea groups is 1. The Balaban J connectivity index is 1.90. The number of piperidine rings is 1. The van der Waals surface area contributed by atoms with Gasteiger partial charge < -0.3 is 15.3 Å². The maximum absolute atomic E-state index is 12.0. The van der Waals surface area contributed by atoms with E-state index in [4.69, 9.17) is 0 Å². The van der Waals surface area contributed by atoms with Crippen molar-refractivity contribution in [2.24, 2.45) is 0 Å². The van der Waals surface area contributed by atoms with E-state index in [1.807, 2.05) is 19.2 Å². The van der Waals surface area contributed by atoms with Crippen LogP contribution in [0.5, 0.6) is 0 Å². The molecule has 2 atom stereocenters. The highest BCUT2D eigenvalue weighted by molar-refractivity contribution is 7.09. The number of hydrogen-bond acceptors (Lipinski definition) is 4. The van der Waals surface area contributed by atoms with Crippen LogP contribution in [-0.4, -0.2) is 40.2 Å². The van der Waals surface area contributed by atoms with Gasteiger partial charge in [-0.25, -0.2) is 9.78 Å². The van der Waals surface area contributed by atoms with Gasteiger partial charge in [0.05, 0.1) is 22.8 Å². The zero-order chi connectivity index (χ0) is 13.1. The summed E-state index contributed by atoms with van der Waals surface area (Å²) < 4.78 is 0. The average Bonchev–Trinajstić information content (AvgIpc) is 2.76. The predicted molar refractivity (Wildman–Crippen MR) is 70.6 cm³/mol. The fraction of sp³-hybridized carbons (Fsp3) is 0.667. The topological polar surface area (TPSA) is 65.5 Å².